The highest BCUT2D eigenvalue weighted by Crippen LogP contribution is 2.24. The molecule has 0 spiro atoms. The van der Waals surface area contributed by atoms with Crippen molar-refractivity contribution in [3.8, 4) is 0 Å². The lowest BCUT2D eigenvalue weighted by molar-refractivity contribution is 1.20. The Balaban J connectivity index is 1.55. The normalized spacial score (nSPS) is 13.1. The molecule has 0 fully saturated rings. The van der Waals surface area contributed by atoms with E-state index in [4.69, 9.17) is 0 Å². The largest absolute Gasteiger partial charge is 0.355 e. The molecule has 1 aliphatic rings. The highest BCUT2D eigenvalue weighted by Gasteiger charge is 2.13. The van der Waals surface area contributed by atoms with Crippen molar-refractivity contribution in [2.75, 3.05) is 0 Å². The van der Waals surface area contributed by atoms with Gasteiger partial charge in [0.05, 0.1) is 27.0 Å². The first kappa shape index (κ1) is 19.3. The van der Waals surface area contributed by atoms with Gasteiger partial charge < -0.3 is 19.9 Å². The number of hydrogen-bond donors (Lipinski definition) is 4. The Bertz CT molecular complexity index is 1720. The molecule has 0 amide bonds. The van der Waals surface area contributed by atoms with E-state index in [2.05, 4.69) is 90.6 Å². The first-order chi connectivity index (χ1) is 16.8. The number of nitrogens with one attached hydrogen (secondary N) is 4. The molecule has 0 saturated heterocycles. The summed E-state index contributed by atoms with van der Waals surface area (Å²) in [6.07, 6.45) is 8.00. The van der Waals surface area contributed by atoms with Crippen LogP contribution in [0.4, 0.5) is 0 Å². The van der Waals surface area contributed by atoms with Gasteiger partial charge in [0.25, 0.3) is 0 Å². The van der Waals surface area contributed by atoms with E-state index >= 15 is 0 Å². The molecule has 7 rings (SSSR count). The predicted molar refractivity (Wildman–Crippen MR) is 136 cm³/mol. The fourth-order valence-electron chi connectivity index (χ4n) is 4.38. The summed E-state index contributed by atoms with van der Waals surface area (Å²) in [4.78, 5) is 24.3. The number of aromatic amines is 4. The monoisotopic (exact) mass is 478 g/mol. The second kappa shape index (κ2) is 7.72. The third kappa shape index (κ3) is 3.32. The number of nitrogens with zero attached hydrogens (tertiary/aromatic N) is 2. The van der Waals surface area contributed by atoms with Crippen molar-refractivity contribution in [1.82, 2.24) is 29.9 Å². The predicted octanol–water partition coefficient (Wildman–Crippen LogP) is 2.38. The number of aromatic nitrogens is 6. The molecule has 8 bridgehead atoms. The summed E-state index contributed by atoms with van der Waals surface area (Å²) >= 11 is 3.26. The molecule has 164 valence electrons. The van der Waals surface area contributed by atoms with Gasteiger partial charge in [0.15, 0.2) is 0 Å². The van der Waals surface area contributed by atoms with Crippen LogP contribution in [0.1, 0.15) is 32.7 Å². The van der Waals surface area contributed by atoms with E-state index in [0.29, 0.717) is 0 Å². The van der Waals surface area contributed by atoms with Crippen LogP contribution in [0.15, 0.2) is 71.8 Å². The first-order valence-electron chi connectivity index (χ1n) is 10.8. The van der Waals surface area contributed by atoms with Crippen molar-refractivity contribution in [2.45, 2.75) is 0 Å². The van der Waals surface area contributed by atoms with E-state index in [-0.39, 0.29) is 0 Å². The lowest BCUT2D eigenvalue weighted by atomic mass is 10.1. The van der Waals surface area contributed by atoms with Gasteiger partial charge in [-0.2, -0.15) is 0 Å². The van der Waals surface area contributed by atoms with Crippen LogP contribution in [0.3, 0.4) is 0 Å². The summed E-state index contributed by atoms with van der Waals surface area (Å²) in [7, 11) is 0. The third-order valence-corrected chi connectivity index (χ3v) is 7.44. The van der Waals surface area contributed by atoms with Gasteiger partial charge in [-0.25, -0.2) is 4.98 Å². The zero-order valence-electron chi connectivity index (χ0n) is 17.8. The van der Waals surface area contributed by atoms with Crippen molar-refractivity contribution in [3.05, 3.63) is 126 Å². The van der Waals surface area contributed by atoms with Crippen molar-refractivity contribution in [1.29, 1.82) is 0 Å². The maximum absolute atomic E-state index is 4.59. The molecule has 8 heteroatoms. The number of hydrogen-bond acceptors (Lipinski definition) is 4. The maximum atomic E-state index is 4.59. The molecule has 4 N–H and O–H groups in total. The average Bonchev–Trinajstić information content (AvgIpc) is 3.67. The molecule has 0 aromatic carbocycles. The van der Waals surface area contributed by atoms with Crippen LogP contribution in [0.2, 0.25) is 0 Å². The molecule has 34 heavy (non-hydrogen) atoms. The maximum Gasteiger partial charge on any atom is 0.127 e. The SMILES string of the molecule is C1=c2ccc([nH]2)=C(c2cncs2)c2ccc([nH]2)C=c2ccc([nH]2)=C(c2nccs2)c2ccc1[nH]2. The molecule has 0 unspecified atom stereocenters. The van der Waals surface area contributed by atoms with Crippen molar-refractivity contribution >= 4 is 46.0 Å². The Morgan fingerprint density at radius 1 is 0.647 bits per heavy atom. The van der Waals surface area contributed by atoms with Crippen LogP contribution in [0.25, 0.3) is 23.3 Å². The van der Waals surface area contributed by atoms with E-state index in [0.717, 1.165) is 65.2 Å². The molecule has 0 aliphatic carbocycles. The van der Waals surface area contributed by atoms with Crippen LogP contribution in [-0.4, -0.2) is 29.9 Å². The van der Waals surface area contributed by atoms with Gasteiger partial charge in [-0.3, -0.25) is 4.98 Å². The highest BCUT2D eigenvalue weighted by atomic mass is 32.1. The summed E-state index contributed by atoms with van der Waals surface area (Å²) in [5, 5.41) is 7.08. The molecule has 6 aromatic heterocycles. The Morgan fingerprint density at radius 2 is 1.32 bits per heavy atom. The zero-order valence-corrected chi connectivity index (χ0v) is 19.4. The molecule has 6 aromatic rings. The van der Waals surface area contributed by atoms with E-state index in [1.807, 2.05) is 23.3 Å². The Labute approximate surface area is 201 Å². The summed E-state index contributed by atoms with van der Waals surface area (Å²) in [5.74, 6) is 0. The minimum atomic E-state index is 0.969. The van der Waals surface area contributed by atoms with E-state index in [1.54, 1.807) is 22.7 Å². The summed E-state index contributed by atoms with van der Waals surface area (Å²) < 4.78 is 0. The fourth-order valence-corrected chi connectivity index (χ4v) is 5.78. The van der Waals surface area contributed by atoms with Crippen LogP contribution >= 0.6 is 22.7 Å². The van der Waals surface area contributed by atoms with Gasteiger partial charge in [-0.05, 0) is 60.7 Å². The highest BCUT2D eigenvalue weighted by molar-refractivity contribution is 7.11. The van der Waals surface area contributed by atoms with Crippen LogP contribution in [0, 0.1) is 0 Å². The van der Waals surface area contributed by atoms with Crippen LogP contribution in [0.5, 0.6) is 0 Å². The summed E-state index contributed by atoms with van der Waals surface area (Å²) in [6.45, 7) is 0. The second-order valence-corrected chi connectivity index (χ2v) is 9.83. The smallest absolute Gasteiger partial charge is 0.127 e. The van der Waals surface area contributed by atoms with Gasteiger partial charge in [-0.1, -0.05) is 0 Å². The third-order valence-electron chi connectivity index (χ3n) is 5.86. The van der Waals surface area contributed by atoms with E-state index in [1.165, 1.54) is 0 Å². The fraction of sp³-hybridized carbons (Fsp3) is 0. The molecule has 0 atom stereocenters. The standard InChI is InChI=1S/C26H18N6S2/c1-5-19-24(23-13-27-14-34-23)20-6-2-16(30-20)12-18-4-8-22(32-18)25(26-28-9-10-33-26)21-7-3-17(31-21)11-15(1)29-19/h1-14,29-32H. The molecule has 0 radical (unpaired) electrons. The number of thiazole rings is 2. The molecule has 1 aliphatic heterocycles. The van der Waals surface area contributed by atoms with Crippen LogP contribution in [-0.2, 0) is 0 Å². The topological polar surface area (TPSA) is 88.9 Å². The molecular formula is C26H18N6S2. The van der Waals surface area contributed by atoms with Crippen molar-refractivity contribution in [2.24, 2.45) is 0 Å². The average molecular weight is 479 g/mol. The minimum absolute atomic E-state index is 0.969. The zero-order chi connectivity index (χ0) is 22.5. The Morgan fingerprint density at radius 3 is 1.94 bits per heavy atom. The van der Waals surface area contributed by atoms with E-state index in [9.17, 15) is 0 Å². The lowest BCUT2D eigenvalue weighted by Crippen LogP contribution is -2.15. The molecule has 7 heterocycles. The molecular weight excluding hydrogens is 460 g/mol. The van der Waals surface area contributed by atoms with Gasteiger partial charge in [0.1, 0.15) is 5.01 Å². The molecule has 0 saturated carbocycles. The number of H-pyrrole nitrogens is 4. The Hall–Kier alpha value is -4.14. The number of fused-ring (bicyclic) bond motifs is 8. The summed E-state index contributed by atoms with van der Waals surface area (Å²) in [5.41, 5.74) is 8.13. The minimum Gasteiger partial charge on any atom is -0.355 e. The first-order valence-corrected chi connectivity index (χ1v) is 12.6. The lowest BCUT2D eigenvalue weighted by Gasteiger charge is -2.02. The number of rotatable bonds is 2. The molecule has 6 nitrogen and oxygen atoms in total. The van der Waals surface area contributed by atoms with Crippen LogP contribution < -0.4 is 21.4 Å². The van der Waals surface area contributed by atoms with Gasteiger partial charge >= 0.3 is 0 Å². The van der Waals surface area contributed by atoms with Gasteiger partial charge in [0, 0.05) is 56.5 Å². The van der Waals surface area contributed by atoms with E-state index < -0.39 is 0 Å². The summed E-state index contributed by atoms with van der Waals surface area (Å²) in [6, 6.07) is 16.9. The second-order valence-electron chi connectivity index (χ2n) is 8.05. The van der Waals surface area contributed by atoms with Crippen molar-refractivity contribution in [3.63, 3.8) is 0 Å². The quantitative estimate of drug-likeness (QED) is 0.307. The van der Waals surface area contributed by atoms with Gasteiger partial charge in [0.2, 0.25) is 0 Å². The van der Waals surface area contributed by atoms with Gasteiger partial charge in [-0.15, -0.1) is 22.7 Å². The Kier molecular flexibility index (Phi) is 4.39. The van der Waals surface area contributed by atoms with Crippen molar-refractivity contribution < 1.29 is 0 Å².